The molecular weight excluding hydrogens is 304 g/mol. The van der Waals surface area contributed by atoms with Crippen molar-refractivity contribution >= 4 is 28.6 Å². The zero-order chi connectivity index (χ0) is 16.2. The highest BCUT2D eigenvalue weighted by Crippen LogP contribution is 2.21. The third kappa shape index (κ3) is 3.71. The average molecular weight is 322 g/mol. The number of ketones is 1. The minimum absolute atomic E-state index is 0.00658. The average Bonchev–Trinajstić information content (AvgIpc) is 2.96. The van der Waals surface area contributed by atoms with Crippen molar-refractivity contribution in [2.24, 2.45) is 0 Å². The Morgan fingerprint density at radius 1 is 1.22 bits per heavy atom. The van der Waals surface area contributed by atoms with Gasteiger partial charge in [0.05, 0.1) is 11.0 Å². The van der Waals surface area contributed by atoms with E-state index in [4.69, 9.17) is 0 Å². The van der Waals surface area contributed by atoms with Crippen molar-refractivity contribution in [3.63, 3.8) is 0 Å². The topological polar surface area (TPSA) is 45.8 Å². The number of carbonyl (C=O) groups is 1. The highest BCUT2D eigenvalue weighted by Gasteiger charge is 2.04. The van der Waals surface area contributed by atoms with Gasteiger partial charge in [-0.25, -0.2) is 4.98 Å². The van der Waals surface area contributed by atoms with E-state index in [2.05, 4.69) is 29.9 Å². The van der Waals surface area contributed by atoms with Gasteiger partial charge in [0.2, 0.25) is 0 Å². The molecule has 4 heteroatoms. The van der Waals surface area contributed by atoms with Crippen molar-refractivity contribution in [3.8, 4) is 0 Å². The summed E-state index contributed by atoms with van der Waals surface area (Å²) in [4.78, 5) is 19.9. The Kier molecular flexibility index (Phi) is 4.63. The number of aryl methyl sites for hydroxylation is 2. The molecule has 0 spiro atoms. The van der Waals surface area contributed by atoms with Gasteiger partial charge in [-0.3, -0.25) is 4.79 Å². The van der Waals surface area contributed by atoms with E-state index in [1.807, 2.05) is 36.4 Å². The molecule has 1 heterocycles. The number of benzene rings is 2. The predicted molar refractivity (Wildman–Crippen MR) is 96.0 cm³/mol. The van der Waals surface area contributed by atoms with E-state index in [1.54, 1.807) is 11.5 Å². The van der Waals surface area contributed by atoms with Gasteiger partial charge in [-0.15, -0.1) is 0 Å². The minimum atomic E-state index is 0.00658. The molecule has 3 aromatic rings. The second-order valence-corrected chi connectivity index (χ2v) is 6.29. The van der Waals surface area contributed by atoms with Crippen LogP contribution in [0.3, 0.4) is 0 Å². The second-order valence-electron chi connectivity index (χ2n) is 5.40. The number of thioether (sulfide) groups is 1. The third-order valence-corrected chi connectivity index (χ3v) is 4.35. The second kappa shape index (κ2) is 6.84. The van der Waals surface area contributed by atoms with Crippen LogP contribution in [-0.2, 0) is 6.42 Å². The predicted octanol–water partition coefficient (Wildman–Crippen LogP) is 4.92. The van der Waals surface area contributed by atoms with Gasteiger partial charge < -0.3 is 4.98 Å². The van der Waals surface area contributed by atoms with E-state index in [0.717, 1.165) is 22.6 Å². The number of rotatable bonds is 5. The van der Waals surface area contributed by atoms with Gasteiger partial charge in [-0.1, -0.05) is 49.0 Å². The van der Waals surface area contributed by atoms with Crippen molar-refractivity contribution in [2.75, 3.05) is 0 Å². The number of allylic oxidation sites excluding steroid dienone is 1. The molecule has 3 nitrogen and oxygen atoms in total. The minimum Gasteiger partial charge on any atom is -0.333 e. The van der Waals surface area contributed by atoms with Crippen LogP contribution < -0.4 is 0 Å². The van der Waals surface area contributed by atoms with Gasteiger partial charge in [0, 0.05) is 5.56 Å². The lowest BCUT2D eigenvalue weighted by Crippen LogP contribution is -1.94. The van der Waals surface area contributed by atoms with Crippen molar-refractivity contribution < 1.29 is 4.79 Å². The van der Waals surface area contributed by atoms with Crippen molar-refractivity contribution in [2.45, 2.75) is 25.4 Å². The van der Waals surface area contributed by atoms with Crippen LogP contribution in [0.4, 0.5) is 0 Å². The molecule has 0 aliphatic rings. The van der Waals surface area contributed by atoms with Crippen LogP contribution in [0.15, 0.2) is 59.1 Å². The molecule has 1 N–H and O–H groups in total. The number of nitrogens with zero attached hydrogens (tertiary/aromatic N) is 1. The number of aromatic amines is 1. The quantitative estimate of drug-likeness (QED) is 0.412. The Labute approximate surface area is 139 Å². The zero-order valence-corrected chi connectivity index (χ0v) is 14.0. The van der Waals surface area contributed by atoms with Gasteiger partial charge >= 0.3 is 0 Å². The summed E-state index contributed by atoms with van der Waals surface area (Å²) in [5.41, 5.74) is 5.09. The first-order valence-corrected chi connectivity index (χ1v) is 8.46. The summed E-state index contributed by atoms with van der Waals surface area (Å²) in [5.74, 6) is 0.00658. The first kappa shape index (κ1) is 15.6. The number of H-pyrrole nitrogens is 1. The third-order valence-electron chi connectivity index (χ3n) is 3.66. The molecule has 0 fully saturated rings. The lowest BCUT2D eigenvalue weighted by Gasteiger charge is -1.98. The molecule has 0 aliphatic carbocycles. The number of imidazole rings is 1. The first-order chi connectivity index (χ1) is 11.2. The van der Waals surface area contributed by atoms with E-state index in [-0.39, 0.29) is 5.78 Å². The molecule has 1 aromatic heterocycles. The van der Waals surface area contributed by atoms with Crippen LogP contribution in [0.2, 0.25) is 0 Å². The molecule has 0 saturated carbocycles. The monoisotopic (exact) mass is 322 g/mol. The summed E-state index contributed by atoms with van der Waals surface area (Å²) in [7, 11) is 0. The van der Waals surface area contributed by atoms with E-state index in [9.17, 15) is 4.79 Å². The normalized spacial score (nSPS) is 11.4. The van der Waals surface area contributed by atoms with Crippen molar-refractivity contribution in [3.05, 3.63) is 70.6 Å². The number of aromatic nitrogens is 2. The fourth-order valence-electron chi connectivity index (χ4n) is 2.32. The van der Waals surface area contributed by atoms with Crippen LogP contribution in [0.1, 0.15) is 28.4 Å². The maximum Gasteiger partial charge on any atom is 0.186 e. The molecule has 23 heavy (non-hydrogen) atoms. The summed E-state index contributed by atoms with van der Waals surface area (Å²) in [6, 6.07) is 13.8. The Balaban J connectivity index is 1.67. The summed E-state index contributed by atoms with van der Waals surface area (Å²) in [5, 5.41) is 2.57. The summed E-state index contributed by atoms with van der Waals surface area (Å²) >= 11 is 1.41. The SMILES string of the molecule is CCc1ccc(C(=O)C=CSc2nc3ccc(C)cc3[nH]2)cc1. The zero-order valence-electron chi connectivity index (χ0n) is 13.2. The van der Waals surface area contributed by atoms with Crippen LogP contribution >= 0.6 is 11.8 Å². The number of hydrogen-bond donors (Lipinski definition) is 1. The maximum absolute atomic E-state index is 12.1. The van der Waals surface area contributed by atoms with Gasteiger partial charge in [0.25, 0.3) is 0 Å². The lowest BCUT2D eigenvalue weighted by atomic mass is 10.1. The largest absolute Gasteiger partial charge is 0.333 e. The van der Waals surface area contributed by atoms with E-state index >= 15 is 0 Å². The lowest BCUT2D eigenvalue weighted by molar-refractivity contribution is 0.104. The molecule has 0 amide bonds. The molecule has 0 atom stereocenters. The molecule has 3 rings (SSSR count). The fraction of sp³-hybridized carbons (Fsp3) is 0.158. The highest BCUT2D eigenvalue weighted by molar-refractivity contribution is 8.02. The molecule has 2 aromatic carbocycles. The standard InChI is InChI=1S/C19H18N2OS/c1-3-14-5-7-15(8-6-14)18(22)10-11-23-19-20-16-9-4-13(2)12-17(16)21-19/h4-12H,3H2,1-2H3,(H,20,21). The number of hydrogen-bond acceptors (Lipinski definition) is 3. The van der Waals surface area contributed by atoms with Gasteiger partial charge in [0.15, 0.2) is 10.9 Å². The van der Waals surface area contributed by atoms with E-state index in [0.29, 0.717) is 5.56 Å². The van der Waals surface area contributed by atoms with Gasteiger partial charge in [-0.2, -0.15) is 0 Å². The van der Waals surface area contributed by atoms with Crippen LogP contribution in [0, 0.1) is 6.92 Å². The van der Waals surface area contributed by atoms with Crippen LogP contribution in [0.25, 0.3) is 11.0 Å². The molecular formula is C19H18N2OS. The van der Waals surface area contributed by atoms with E-state index in [1.165, 1.54) is 22.9 Å². The number of fused-ring (bicyclic) bond motifs is 1. The summed E-state index contributed by atoms with van der Waals surface area (Å²) in [6.45, 7) is 4.15. The molecule has 0 aliphatic heterocycles. The van der Waals surface area contributed by atoms with Crippen LogP contribution in [-0.4, -0.2) is 15.8 Å². The van der Waals surface area contributed by atoms with Crippen molar-refractivity contribution in [1.82, 2.24) is 9.97 Å². The maximum atomic E-state index is 12.1. The first-order valence-electron chi connectivity index (χ1n) is 7.58. The van der Waals surface area contributed by atoms with E-state index < -0.39 is 0 Å². The highest BCUT2D eigenvalue weighted by atomic mass is 32.2. The van der Waals surface area contributed by atoms with Crippen LogP contribution in [0.5, 0.6) is 0 Å². The Hall–Kier alpha value is -2.33. The summed E-state index contributed by atoms with van der Waals surface area (Å²) < 4.78 is 0. The number of carbonyl (C=O) groups excluding carboxylic acids is 1. The Morgan fingerprint density at radius 3 is 2.74 bits per heavy atom. The Morgan fingerprint density at radius 2 is 2.00 bits per heavy atom. The molecule has 0 unspecified atom stereocenters. The molecule has 0 saturated heterocycles. The number of nitrogens with one attached hydrogen (secondary N) is 1. The smallest absolute Gasteiger partial charge is 0.186 e. The molecule has 0 radical (unpaired) electrons. The van der Waals surface area contributed by atoms with Crippen molar-refractivity contribution in [1.29, 1.82) is 0 Å². The molecule has 0 bridgehead atoms. The van der Waals surface area contributed by atoms with Gasteiger partial charge in [-0.05, 0) is 48.1 Å². The Bertz CT molecular complexity index is 863. The molecule has 116 valence electrons. The fourth-order valence-corrected chi connectivity index (χ4v) is 2.96. The summed E-state index contributed by atoms with van der Waals surface area (Å²) in [6.07, 6.45) is 2.57. The van der Waals surface area contributed by atoms with Gasteiger partial charge in [0.1, 0.15) is 0 Å².